The SMILES string of the molecule is Cc1ccc(Sc2ncc([N+](=O)[O-])cn2)c(C)c1. The summed E-state index contributed by atoms with van der Waals surface area (Å²) in [7, 11) is 0. The van der Waals surface area contributed by atoms with Crippen molar-refractivity contribution in [3.8, 4) is 0 Å². The fourth-order valence-electron chi connectivity index (χ4n) is 1.47. The van der Waals surface area contributed by atoms with Crippen LogP contribution >= 0.6 is 11.8 Å². The molecule has 0 saturated carbocycles. The van der Waals surface area contributed by atoms with Crippen LogP contribution in [0.2, 0.25) is 0 Å². The van der Waals surface area contributed by atoms with Gasteiger partial charge in [0.25, 0.3) is 0 Å². The van der Waals surface area contributed by atoms with Crippen LogP contribution < -0.4 is 0 Å². The van der Waals surface area contributed by atoms with Gasteiger partial charge in [-0.3, -0.25) is 10.1 Å². The molecule has 0 spiro atoms. The minimum absolute atomic E-state index is 0.0972. The standard InChI is InChI=1S/C12H11N3O2S/c1-8-3-4-11(9(2)5-8)18-12-13-6-10(7-14-12)15(16)17/h3-7H,1-2H3. The number of nitrogens with zero attached hydrogens (tertiary/aromatic N) is 3. The molecule has 0 radical (unpaired) electrons. The lowest BCUT2D eigenvalue weighted by Gasteiger charge is -2.04. The third kappa shape index (κ3) is 2.84. The van der Waals surface area contributed by atoms with E-state index in [0.717, 1.165) is 10.5 Å². The first-order chi connectivity index (χ1) is 8.56. The van der Waals surface area contributed by atoms with Crippen molar-refractivity contribution in [3.05, 3.63) is 51.8 Å². The second-order valence-corrected chi connectivity index (χ2v) is 4.86. The Kier molecular flexibility index (Phi) is 3.57. The van der Waals surface area contributed by atoms with Gasteiger partial charge in [-0.1, -0.05) is 17.7 Å². The zero-order valence-electron chi connectivity index (χ0n) is 9.95. The van der Waals surface area contributed by atoms with Crippen molar-refractivity contribution in [2.45, 2.75) is 23.9 Å². The van der Waals surface area contributed by atoms with Crippen molar-refractivity contribution in [2.75, 3.05) is 0 Å². The fraction of sp³-hybridized carbons (Fsp3) is 0.167. The van der Waals surface area contributed by atoms with E-state index in [9.17, 15) is 10.1 Å². The summed E-state index contributed by atoms with van der Waals surface area (Å²) in [5.74, 6) is 0. The molecule has 2 rings (SSSR count). The molecule has 1 heterocycles. The number of rotatable bonds is 3. The van der Waals surface area contributed by atoms with Gasteiger partial charge in [0.1, 0.15) is 12.4 Å². The van der Waals surface area contributed by atoms with Gasteiger partial charge in [0.05, 0.1) is 4.92 Å². The van der Waals surface area contributed by atoms with Crippen molar-refractivity contribution in [3.63, 3.8) is 0 Å². The Balaban J connectivity index is 2.21. The van der Waals surface area contributed by atoms with Gasteiger partial charge in [-0.05, 0) is 37.2 Å². The van der Waals surface area contributed by atoms with E-state index in [0.29, 0.717) is 5.16 Å². The van der Waals surface area contributed by atoms with E-state index >= 15 is 0 Å². The number of aryl methyl sites for hydroxylation is 2. The first-order valence-electron chi connectivity index (χ1n) is 5.28. The minimum Gasteiger partial charge on any atom is -0.258 e. The van der Waals surface area contributed by atoms with Crippen LogP contribution in [0, 0.1) is 24.0 Å². The molecule has 0 unspecified atom stereocenters. The quantitative estimate of drug-likeness (QED) is 0.482. The number of hydrogen-bond acceptors (Lipinski definition) is 5. The van der Waals surface area contributed by atoms with E-state index < -0.39 is 4.92 Å². The maximum absolute atomic E-state index is 10.5. The molecule has 0 atom stereocenters. The lowest BCUT2D eigenvalue weighted by Crippen LogP contribution is -1.92. The highest BCUT2D eigenvalue weighted by molar-refractivity contribution is 7.99. The highest BCUT2D eigenvalue weighted by Crippen LogP contribution is 2.28. The zero-order chi connectivity index (χ0) is 13.1. The van der Waals surface area contributed by atoms with Gasteiger partial charge in [0.2, 0.25) is 0 Å². The molecule has 0 aliphatic carbocycles. The highest BCUT2D eigenvalue weighted by Gasteiger charge is 2.08. The molecule has 5 nitrogen and oxygen atoms in total. The predicted molar refractivity (Wildman–Crippen MR) is 68.7 cm³/mol. The van der Waals surface area contributed by atoms with Crippen LogP contribution in [0.1, 0.15) is 11.1 Å². The average molecular weight is 261 g/mol. The van der Waals surface area contributed by atoms with Crippen LogP contribution in [-0.4, -0.2) is 14.9 Å². The number of aromatic nitrogens is 2. The molecule has 18 heavy (non-hydrogen) atoms. The largest absolute Gasteiger partial charge is 0.305 e. The molecular formula is C12H11N3O2S. The van der Waals surface area contributed by atoms with Gasteiger partial charge in [0, 0.05) is 4.90 Å². The van der Waals surface area contributed by atoms with E-state index in [1.54, 1.807) is 0 Å². The maximum Gasteiger partial charge on any atom is 0.305 e. The van der Waals surface area contributed by atoms with Crippen molar-refractivity contribution >= 4 is 17.4 Å². The third-order valence-electron chi connectivity index (χ3n) is 2.36. The molecule has 6 heteroatoms. The van der Waals surface area contributed by atoms with E-state index in [1.807, 2.05) is 26.0 Å². The first kappa shape index (κ1) is 12.5. The lowest BCUT2D eigenvalue weighted by atomic mass is 10.2. The van der Waals surface area contributed by atoms with E-state index in [4.69, 9.17) is 0 Å². The summed E-state index contributed by atoms with van der Waals surface area (Å²) in [5, 5.41) is 11.0. The molecule has 0 amide bonds. The molecule has 1 aromatic heterocycles. The Bertz CT molecular complexity index is 584. The summed E-state index contributed by atoms with van der Waals surface area (Å²) >= 11 is 1.40. The summed E-state index contributed by atoms with van der Waals surface area (Å²) in [6, 6.07) is 6.09. The second-order valence-electron chi connectivity index (χ2n) is 3.85. The summed E-state index contributed by atoms with van der Waals surface area (Å²) in [6.45, 7) is 4.05. The molecule has 0 saturated heterocycles. The van der Waals surface area contributed by atoms with Crippen LogP contribution in [-0.2, 0) is 0 Å². The van der Waals surface area contributed by atoms with Gasteiger partial charge >= 0.3 is 5.69 Å². The normalized spacial score (nSPS) is 10.3. The van der Waals surface area contributed by atoms with Crippen molar-refractivity contribution in [1.82, 2.24) is 9.97 Å². The molecule has 0 bridgehead atoms. The van der Waals surface area contributed by atoms with Gasteiger partial charge in [0.15, 0.2) is 5.16 Å². The van der Waals surface area contributed by atoms with Crippen molar-refractivity contribution in [1.29, 1.82) is 0 Å². The van der Waals surface area contributed by atoms with Gasteiger partial charge in [-0.15, -0.1) is 0 Å². The minimum atomic E-state index is -0.508. The molecule has 0 N–H and O–H groups in total. The molecule has 1 aromatic carbocycles. The molecule has 0 aliphatic rings. The van der Waals surface area contributed by atoms with Crippen LogP contribution in [0.4, 0.5) is 5.69 Å². The topological polar surface area (TPSA) is 68.9 Å². The Morgan fingerprint density at radius 3 is 2.44 bits per heavy atom. The lowest BCUT2D eigenvalue weighted by molar-refractivity contribution is -0.385. The fourth-order valence-corrected chi connectivity index (χ4v) is 2.23. The van der Waals surface area contributed by atoms with Crippen molar-refractivity contribution in [2.24, 2.45) is 0 Å². The summed E-state index contributed by atoms with van der Waals surface area (Å²) < 4.78 is 0. The Labute approximate surface area is 108 Å². The van der Waals surface area contributed by atoms with E-state index in [2.05, 4.69) is 16.0 Å². The summed E-state index contributed by atoms with van der Waals surface area (Å²) in [4.78, 5) is 19.0. The van der Waals surface area contributed by atoms with Gasteiger partial charge in [-0.25, -0.2) is 9.97 Å². The smallest absolute Gasteiger partial charge is 0.258 e. The maximum atomic E-state index is 10.5. The van der Waals surface area contributed by atoms with Gasteiger partial charge < -0.3 is 0 Å². The molecule has 0 fully saturated rings. The summed E-state index contributed by atoms with van der Waals surface area (Å²) in [6.07, 6.45) is 2.44. The molecule has 0 aliphatic heterocycles. The van der Waals surface area contributed by atoms with Crippen LogP contribution in [0.25, 0.3) is 0 Å². The van der Waals surface area contributed by atoms with Crippen LogP contribution in [0.5, 0.6) is 0 Å². The van der Waals surface area contributed by atoms with E-state index in [-0.39, 0.29) is 5.69 Å². The Morgan fingerprint density at radius 2 is 1.89 bits per heavy atom. The monoisotopic (exact) mass is 261 g/mol. The number of hydrogen-bond donors (Lipinski definition) is 0. The zero-order valence-corrected chi connectivity index (χ0v) is 10.8. The van der Waals surface area contributed by atoms with Gasteiger partial charge in [-0.2, -0.15) is 0 Å². The number of nitro groups is 1. The summed E-state index contributed by atoms with van der Waals surface area (Å²) in [5.41, 5.74) is 2.24. The number of benzene rings is 1. The van der Waals surface area contributed by atoms with Crippen molar-refractivity contribution < 1.29 is 4.92 Å². The Morgan fingerprint density at radius 1 is 1.22 bits per heavy atom. The molecular weight excluding hydrogens is 250 g/mol. The van der Waals surface area contributed by atoms with E-state index in [1.165, 1.54) is 29.7 Å². The third-order valence-corrected chi connectivity index (χ3v) is 3.43. The van der Waals surface area contributed by atoms with Crippen LogP contribution in [0.15, 0.2) is 40.6 Å². The predicted octanol–water partition coefficient (Wildman–Crippen LogP) is 3.15. The molecule has 2 aromatic rings. The first-order valence-corrected chi connectivity index (χ1v) is 6.09. The van der Waals surface area contributed by atoms with Crippen LogP contribution in [0.3, 0.4) is 0 Å². The average Bonchev–Trinajstić information content (AvgIpc) is 2.33. The Hall–Kier alpha value is -1.95. The molecule has 92 valence electrons. The second kappa shape index (κ2) is 5.14. The highest BCUT2D eigenvalue weighted by atomic mass is 32.2.